The minimum Gasteiger partial charge on any atom is -0.390 e. The fraction of sp³-hybridized carbons (Fsp3) is 0.364. The van der Waals surface area contributed by atoms with E-state index in [9.17, 15) is 32.2 Å². The van der Waals surface area contributed by atoms with Crippen LogP contribution in [0.25, 0.3) is 10.9 Å². The van der Waals surface area contributed by atoms with Crippen LogP contribution in [0.3, 0.4) is 0 Å². The summed E-state index contributed by atoms with van der Waals surface area (Å²) in [5.74, 6) is -0.175. The lowest BCUT2D eigenvalue weighted by atomic mass is 10.00. The Morgan fingerprint density at radius 3 is 2.47 bits per heavy atom. The van der Waals surface area contributed by atoms with E-state index in [4.69, 9.17) is 0 Å². The molecule has 1 fully saturated rings. The third-order valence-electron chi connectivity index (χ3n) is 8.14. The summed E-state index contributed by atoms with van der Waals surface area (Å²) in [6, 6.07) is 19.0. The number of nitrogens with one attached hydrogen (secondary N) is 2. The molecule has 0 spiro atoms. The predicted octanol–water partition coefficient (Wildman–Crippen LogP) is 6.44. The van der Waals surface area contributed by atoms with E-state index in [1.807, 2.05) is 54.1 Å². The fourth-order valence-electron chi connectivity index (χ4n) is 5.74. The molecule has 8 nitrogen and oxygen atoms in total. The van der Waals surface area contributed by atoms with Crippen LogP contribution >= 0.6 is 10.8 Å². The topological polar surface area (TPSA) is 110 Å². The highest BCUT2D eigenvalue weighted by Crippen LogP contribution is 2.51. The molecule has 0 saturated carbocycles. The van der Waals surface area contributed by atoms with Gasteiger partial charge in [0, 0.05) is 43.3 Å². The Bertz CT molecular complexity index is 1610. The molecule has 12 heteroatoms. The number of hydrogen-bond acceptors (Lipinski definition) is 6. The van der Waals surface area contributed by atoms with Gasteiger partial charge in [-0.25, -0.2) is 0 Å². The molecule has 1 aromatic heterocycles. The van der Waals surface area contributed by atoms with Crippen LogP contribution in [0, 0.1) is 0 Å². The number of aromatic nitrogens is 1. The van der Waals surface area contributed by atoms with Gasteiger partial charge in [-0.1, -0.05) is 48.5 Å². The van der Waals surface area contributed by atoms with Crippen LogP contribution < -0.4 is 14.9 Å². The zero-order chi connectivity index (χ0) is 32.2. The quantitative estimate of drug-likeness (QED) is 0.129. The van der Waals surface area contributed by atoms with Crippen molar-refractivity contribution < 1.29 is 32.2 Å². The fourth-order valence-corrected chi connectivity index (χ4v) is 7.44. The molecule has 5 rings (SSSR count). The lowest BCUT2D eigenvalue weighted by Gasteiger charge is -2.47. The summed E-state index contributed by atoms with van der Waals surface area (Å²) in [6.45, 7) is 3.21. The Morgan fingerprint density at radius 2 is 1.76 bits per heavy atom. The van der Waals surface area contributed by atoms with Crippen molar-refractivity contribution in [2.75, 3.05) is 23.1 Å². The summed E-state index contributed by atoms with van der Waals surface area (Å²) in [7, 11) is -3.05. The zero-order valence-corrected chi connectivity index (χ0v) is 25.8. The van der Waals surface area contributed by atoms with Crippen LogP contribution in [0.15, 0.2) is 79.0 Å². The number of anilines is 1. The molecule has 1 aliphatic rings. The molecule has 1 saturated heterocycles. The lowest BCUT2D eigenvalue weighted by Crippen LogP contribution is -2.48. The number of aryl methyl sites for hydroxylation is 1. The molecule has 0 radical (unpaired) electrons. The van der Waals surface area contributed by atoms with Crippen LogP contribution in [-0.2, 0) is 25.7 Å². The second kappa shape index (κ2) is 13.8. The van der Waals surface area contributed by atoms with Gasteiger partial charge in [-0.05, 0) is 61.6 Å². The largest absolute Gasteiger partial charge is 0.416 e. The van der Waals surface area contributed by atoms with Gasteiger partial charge >= 0.3 is 6.18 Å². The van der Waals surface area contributed by atoms with E-state index < -0.39 is 40.6 Å². The minimum atomic E-state index is -4.45. The number of rotatable bonds is 11. The number of fused-ring (bicyclic) bond motifs is 1. The van der Waals surface area contributed by atoms with Crippen molar-refractivity contribution >= 4 is 33.3 Å². The molecule has 0 bridgehead atoms. The predicted molar refractivity (Wildman–Crippen MR) is 172 cm³/mol. The van der Waals surface area contributed by atoms with E-state index >= 15 is 0 Å². The first-order valence-corrected chi connectivity index (χ1v) is 16.7. The molecule has 242 valence electrons. The van der Waals surface area contributed by atoms with Crippen molar-refractivity contribution in [1.82, 2.24) is 15.2 Å². The minimum absolute atomic E-state index is 0.0195. The van der Waals surface area contributed by atoms with Crippen LogP contribution in [0.1, 0.15) is 46.8 Å². The Morgan fingerprint density at radius 1 is 1.00 bits per heavy atom. The molecule has 2 atom stereocenters. The van der Waals surface area contributed by atoms with Crippen molar-refractivity contribution in [3.05, 3.63) is 101 Å². The molecule has 1 amide bonds. The smallest absolute Gasteiger partial charge is 0.390 e. The van der Waals surface area contributed by atoms with Gasteiger partial charge in [0.15, 0.2) is 0 Å². The number of carbonyl (C=O) groups is 1. The summed E-state index contributed by atoms with van der Waals surface area (Å²) < 4.78 is 64.8. The van der Waals surface area contributed by atoms with Gasteiger partial charge in [0.05, 0.1) is 34.7 Å². The van der Waals surface area contributed by atoms with Crippen molar-refractivity contribution in [1.29, 1.82) is 0 Å². The highest BCUT2D eigenvalue weighted by molar-refractivity contribution is 8.25. The van der Waals surface area contributed by atoms with Gasteiger partial charge < -0.3 is 20.3 Å². The molecule has 1 aliphatic heterocycles. The van der Waals surface area contributed by atoms with Gasteiger partial charge in [0.1, 0.15) is 0 Å². The summed E-state index contributed by atoms with van der Waals surface area (Å²) in [6.07, 6.45) is -1.81. The number of aliphatic hydroxyl groups excluding tert-OH is 1. The van der Waals surface area contributed by atoms with E-state index in [2.05, 4.69) is 10.6 Å². The van der Waals surface area contributed by atoms with Crippen molar-refractivity contribution in [3.8, 4) is 0 Å². The number of nitrogens with zero attached hydrogens (tertiary/aromatic N) is 2. The van der Waals surface area contributed by atoms with E-state index in [0.29, 0.717) is 42.7 Å². The highest BCUT2D eigenvalue weighted by atomic mass is 32.3. The lowest BCUT2D eigenvalue weighted by molar-refractivity contribution is -0.137. The van der Waals surface area contributed by atoms with Gasteiger partial charge in [-0.3, -0.25) is 18.2 Å². The summed E-state index contributed by atoms with van der Waals surface area (Å²) in [4.78, 5) is 13.8. The average molecular weight is 645 g/mol. The number of carbonyl (C=O) groups excluding carboxylic acids is 1. The Kier molecular flexibility index (Phi) is 10.1. The summed E-state index contributed by atoms with van der Waals surface area (Å²) >= 11 is 0. The first-order valence-electron chi connectivity index (χ1n) is 15.0. The first-order chi connectivity index (χ1) is 21.5. The van der Waals surface area contributed by atoms with E-state index in [1.165, 1.54) is 6.07 Å². The number of halogens is 3. The molecular weight excluding hydrogens is 605 g/mol. The van der Waals surface area contributed by atoms with Crippen molar-refractivity contribution in [2.24, 2.45) is 0 Å². The van der Waals surface area contributed by atoms with Crippen molar-refractivity contribution in [2.45, 2.75) is 57.6 Å². The normalized spacial score (nSPS) is 17.2. The number of alkyl halides is 3. The second-order valence-electron chi connectivity index (χ2n) is 11.3. The van der Waals surface area contributed by atoms with Gasteiger partial charge in [0.2, 0.25) is 0 Å². The standard InChI is InChI=1S/C33H39F3N4O4S/c1-2-39-15-13-27-29(39)19-25(20-30(27)40-14-6-7-16-45(40,43)44)32(42)38-28(18-23-9-4-3-5-10-23)31(41)22-37-21-24-11-8-12-26(17-24)33(34,35)36/h3-5,8-13,15,17,19-20,28,31,37,41,43-44H,2,6-7,14,16,18,21-22H2,1H3,(H,38,42)/t28-,31+/m0/s1. The third-order valence-corrected chi connectivity index (χ3v) is 10.1. The van der Waals surface area contributed by atoms with Crippen LogP contribution in [0.2, 0.25) is 0 Å². The van der Waals surface area contributed by atoms with E-state index in [1.54, 1.807) is 22.5 Å². The molecule has 5 N–H and O–H groups in total. The Labute approximate surface area is 262 Å². The monoisotopic (exact) mass is 644 g/mol. The summed E-state index contributed by atoms with van der Waals surface area (Å²) in [5.41, 5.74) is 2.24. The molecule has 2 heterocycles. The number of amides is 1. The average Bonchev–Trinajstić information content (AvgIpc) is 3.43. The molecule has 4 aromatic rings. The van der Waals surface area contributed by atoms with E-state index in [-0.39, 0.29) is 18.8 Å². The van der Waals surface area contributed by atoms with Gasteiger partial charge in [-0.15, -0.1) is 10.8 Å². The van der Waals surface area contributed by atoms with E-state index in [0.717, 1.165) is 35.0 Å². The van der Waals surface area contributed by atoms with Crippen LogP contribution in [0.4, 0.5) is 18.9 Å². The third kappa shape index (κ3) is 7.82. The molecular formula is C33H39F3N4O4S. The molecule has 3 aromatic carbocycles. The Hall–Kier alpha value is -3.55. The Balaban J connectivity index is 1.38. The maximum Gasteiger partial charge on any atom is 0.416 e. The molecule has 0 aliphatic carbocycles. The number of benzene rings is 3. The van der Waals surface area contributed by atoms with Crippen molar-refractivity contribution in [3.63, 3.8) is 0 Å². The zero-order valence-electron chi connectivity index (χ0n) is 25.0. The molecule has 0 unspecified atom stereocenters. The first kappa shape index (κ1) is 32.8. The van der Waals surface area contributed by atoms with Gasteiger partial charge in [0.25, 0.3) is 5.91 Å². The highest BCUT2D eigenvalue weighted by Gasteiger charge is 2.31. The number of hydrogen-bond donors (Lipinski definition) is 5. The van der Waals surface area contributed by atoms with Crippen LogP contribution in [-0.4, -0.2) is 55.7 Å². The van der Waals surface area contributed by atoms with Crippen LogP contribution in [0.5, 0.6) is 0 Å². The SMILES string of the molecule is CCn1ccc2c(N3CCCCS3(O)O)cc(C(=O)N[C@@H](Cc3ccccc3)[C@H](O)CNCc3cccc(C(F)(F)F)c3)cc21. The second-order valence-corrected chi connectivity index (χ2v) is 13.5. The molecule has 45 heavy (non-hydrogen) atoms. The maximum atomic E-state index is 13.8. The van der Waals surface area contributed by atoms with Gasteiger partial charge in [-0.2, -0.15) is 13.2 Å². The number of aliphatic hydroxyl groups is 1. The maximum absolute atomic E-state index is 13.8. The summed E-state index contributed by atoms with van der Waals surface area (Å²) in [5, 5.41) is 18.1.